The smallest absolute Gasteiger partial charge is 0.00359 e. The molecule has 80 valence electrons. The normalized spacial score (nSPS) is 13.7. The van der Waals surface area contributed by atoms with Crippen molar-refractivity contribution < 1.29 is 0 Å². The maximum absolute atomic E-state index is 2.28. The topological polar surface area (TPSA) is 0 Å². The lowest BCUT2D eigenvalue weighted by atomic mass is 9.82. The molecule has 2 aromatic carbocycles. The first-order valence-corrected chi connectivity index (χ1v) is 5.82. The molecule has 1 aliphatic rings. The number of hydrogen-bond donors (Lipinski definition) is 0. The van der Waals surface area contributed by atoms with Gasteiger partial charge in [-0.1, -0.05) is 63.3 Å². The highest BCUT2D eigenvalue weighted by atomic mass is 14.2. The van der Waals surface area contributed by atoms with Crippen LogP contribution in [0.1, 0.15) is 37.5 Å². The Morgan fingerprint density at radius 3 is 2.19 bits per heavy atom. The van der Waals surface area contributed by atoms with Crippen LogP contribution in [0.15, 0.2) is 30.3 Å². The van der Waals surface area contributed by atoms with Crippen LogP contribution in [-0.2, 0) is 5.41 Å². The average Bonchev–Trinajstić information content (AvgIpc) is 2.63. The van der Waals surface area contributed by atoms with Gasteiger partial charge < -0.3 is 0 Å². The van der Waals surface area contributed by atoms with Crippen molar-refractivity contribution in [1.82, 2.24) is 0 Å². The van der Waals surface area contributed by atoms with Crippen molar-refractivity contribution in [3.05, 3.63) is 47.0 Å². The highest BCUT2D eigenvalue weighted by Crippen LogP contribution is 2.37. The minimum atomic E-state index is 0.208. The fourth-order valence-electron chi connectivity index (χ4n) is 2.57. The predicted molar refractivity (Wildman–Crippen MR) is 71.6 cm³/mol. The molecule has 0 fully saturated rings. The van der Waals surface area contributed by atoms with Gasteiger partial charge >= 0.3 is 0 Å². The minimum absolute atomic E-state index is 0.208. The zero-order valence-corrected chi connectivity index (χ0v) is 10.0. The molecule has 0 saturated heterocycles. The monoisotopic (exact) mass is 208 g/mol. The van der Waals surface area contributed by atoms with Crippen LogP contribution in [0.2, 0.25) is 0 Å². The summed E-state index contributed by atoms with van der Waals surface area (Å²) in [5.74, 6) is 0. The van der Waals surface area contributed by atoms with Gasteiger partial charge in [-0.05, 0) is 32.9 Å². The Morgan fingerprint density at radius 1 is 0.812 bits per heavy atom. The van der Waals surface area contributed by atoms with Gasteiger partial charge in [0.05, 0.1) is 0 Å². The third-order valence-electron chi connectivity index (χ3n) is 3.36. The fraction of sp³-hybridized carbons (Fsp3) is 0.250. The summed E-state index contributed by atoms with van der Waals surface area (Å²) in [5, 5.41) is 2.84. The van der Waals surface area contributed by atoms with Crippen LogP contribution in [0, 0.1) is 0 Å². The van der Waals surface area contributed by atoms with E-state index in [4.69, 9.17) is 0 Å². The Hall–Kier alpha value is -1.56. The zero-order chi connectivity index (χ0) is 11.3. The summed E-state index contributed by atoms with van der Waals surface area (Å²) in [6, 6.07) is 11.1. The molecule has 0 saturated carbocycles. The van der Waals surface area contributed by atoms with E-state index in [1.807, 2.05) is 0 Å². The van der Waals surface area contributed by atoms with Crippen molar-refractivity contribution in [3.8, 4) is 0 Å². The Kier molecular flexibility index (Phi) is 1.79. The lowest BCUT2D eigenvalue weighted by Gasteiger charge is -2.22. The Bertz CT molecular complexity index is 583. The average molecular weight is 208 g/mol. The molecule has 0 nitrogen and oxygen atoms in total. The minimum Gasteiger partial charge on any atom is -0.0610 e. The van der Waals surface area contributed by atoms with Crippen molar-refractivity contribution in [2.45, 2.75) is 26.2 Å². The lowest BCUT2D eigenvalue weighted by Crippen LogP contribution is -2.11. The van der Waals surface area contributed by atoms with Gasteiger partial charge in [0.25, 0.3) is 0 Å². The highest BCUT2D eigenvalue weighted by molar-refractivity contribution is 6.06. The van der Waals surface area contributed by atoms with E-state index in [1.54, 1.807) is 0 Å². The second-order valence-electron chi connectivity index (χ2n) is 5.56. The first kappa shape index (κ1) is 9.65. The summed E-state index contributed by atoms with van der Waals surface area (Å²) in [6.45, 7) is 6.83. The van der Waals surface area contributed by atoms with Crippen molar-refractivity contribution in [2.75, 3.05) is 0 Å². The van der Waals surface area contributed by atoms with E-state index < -0.39 is 0 Å². The summed E-state index contributed by atoms with van der Waals surface area (Å²) in [6.07, 6.45) is 4.42. The molecule has 0 aliphatic heterocycles. The quantitative estimate of drug-likeness (QED) is 0.505. The van der Waals surface area contributed by atoms with E-state index in [9.17, 15) is 0 Å². The van der Waals surface area contributed by atoms with Crippen LogP contribution >= 0.6 is 0 Å². The van der Waals surface area contributed by atoms with E-state index in [2.05, 4.69) is 63.3 Å². The summed E-state index contributed by atoms with van der Waals surface area (Å²) in [5.41, 5.74) is 4.37. The molecule has 0 aromatic heterocycles. The molecule has 0 heterocycles. The van der Waals surface area contributed by atoms with E-state index >= 15 is 0 Å². The Morgan fingerprint density at radius 2 is 1.50 bits per heavy atom. The molecular formula is C16H16. The maximum Gasteiger partial charge on any atom is -0.00359 e. The molecule has 0 bridgehead atoms. The van der Waals surface area contributed by atoms with Crippen molar-refractivity contribution in [3.63, 3.8) is 0 Å². The molecule has 0 heteroatoms. The third-order valence-corrected chi connectivity index (χ3v) is 3.36. The summed E-state index contributed by atoms with van der Waals surface area (Å²) >= 11 is 0. The van der Waals surface area contributed by atoms with Gasteiger partial charge in [0, 0.05) is 0 Å². The van der Waals surface area contributed by atoms with Gasteiger partial charge in [-0.15, -0.1) is 0 Å². The molecule has 0 amide bonds. The summed E-state index contributed by atoms with van der Waals surface area (Å²) in [7, 11) is 0. The second kappa shape index (κ2) is 2.98. The summed E-state index contributed by atoms with van der Waals surface area (Å²) in [4.78, 5) is 0. The van der Waals surface area contributed by atoms with Crippen LogP contribution < -0.4 is 0 Å². The zero-order valence-electron chi connectivity index (χ0n) is 10.0. The number of hydrogen-bond acceptors (Lipinski definition) is 0. The first-order chi connectivity index (χ1) is 7.57. The van der Waals surface area contributed by atoms with E-state index in [0.717, 1.165) is 0 Å². The molecule has 0 unspecified atom stereocenters. The maximum atomic E-state index is 2.28. The Labute approximate surface area is 96.6 Å². The van der Waals surface area contributed by atoms with Crippen LogP contribution in [0.5, 0.6) is 0 Å². The molecule has 3 rings (SSSR count). The van der Waals surface area contributed by atoms with Crippen molar-refractivity contribution >= 4 is 22.9 Å². The number of rotatable bonds is 0. The van der Waals surface area contributed by atoms with Crippen molar-refractivity contribution in [2.24, 2.45) is 0 Å². The predicted octanol–water partition coefficient (Wildman–Crippen LogP) is 4.62. The van der Waals surface area contributed by atoms with Gasteiger partial charge in [0.1, 0.15) is 0 Å². The van der Waals surface area contributed by atoms with E-state index in [-0.39, 0.29) is 5.41 Å². The standard InChI is InChI=1S/C16H16/c1-16(2,3)14-10-9-12-8-7-11-5-4-6-13(14)15(11)12/h4-10H,1-3H3. The van der Waals surface area contributed by atoms with Gasteiger partial charge in [-0.25, -0.2) is 0 Å². The number of benzene rings is 2. The first-order valence-electron chi connectivity index (χ1n) is 5.82. The van der Waals surface area contributed by atoms with Gasteiger partial charge in [0.15, 0.2) is 0 Å². The molecule has 0 spiro atoms. The largest absolute Gasteiger partial charge is 0.0610 e. The van der Waals surface area contributed by atoms with Crippen LogP contribution in [0.4, 0.5) is 0 Å². The molecule has 2 aromatic rings. The van der Waals surface area contributed by atoms with E-state index in [0.29, 0.717) is 0 Å². The third kappa shape index (κ3) is 1.23. The molecular weight excluding hydrogens is 192 g/mol. The fourth-order valence-corrected chi connectivity index (χ4v) is 2.57. The van der Waals surface area contributed by atoms with E-state index in [1.165, 1.54) is 27.5 Å². The van der Waals surface area contributed by atoms with Crippen LogP contribution in [0.3, 0.4) is 0 Å². The molecule has 1 aliphatic carbocycles. The Balaban J connectivity index is 2.45. The SMILES string of the molecule is CC(C)(C)c1ccc2c3c(cccc13)C=C2. The van der Waals surface area contributed by atoms with Gasteiger partial charge in [-0.3, -0.25) is 0 Å². The summed E-state index contributed by atoms with van der Waals surface area (Å²) < 4.78 is 0. The highest BCUT2D eigenvalue weighted by Gasteiger charge is 2.19. The van der Waals surface area contributed by atoms with Crippen LogP contribution in [-0.4, -0.2) is 0 Å². The van der Waals surface area contributed by atoms with Gasteiger partial charge in [0.2, 0.25) is 0 Å². The molecule has 0 atom stereocenters. The lowest BCUT2D eigenvalue weighted by molar-refractivity contribution is 0.596. The van der Waals surface area contributed by atoms with Crippen molar-refractivity contribution in [1.29, 1.82) is 0 Å². The molecule has 0 N–H and O–H groups in total. The molecule has 0 radical (unpaired) electrons. The van der Waals surface area contributed by atoms with Gasteiger partial charge in [-0.2, -0.15) is 0 Å². The second-order valence-corrected chi connectivity index (χ2v) is 5.56. The molecule has 16 heavy (non-hydrogen) atoms. The van der Waals surface area contributed by atoms with Crippen LogP contribution in [0.25, 0.3) is 22.9 Å².